The van der Waals surface area contributed by atoms with Crippen molar-refractivity contribution < 1.29 is 4.74 Å². The first-order valence-electron chi connectivity index (χ1n) is 5.89. The van der Waals surface area contributed by atoms with Crippen LogP contribution in [0.2, 0.25) is 0 Å². The van der Waals surface area contributed by atoms with Crippen LogP contribution in [-0.2, 0) is 4.74 Å². The molecule has 1 saturated carbocycles. The zero-order valence-electron chi connectivity index (χ0n) is 10.0. The maximum absolute atomic E-state index is 6.09. The second-order valence-corrected chi connectivity index (χ2v) is 5.09. The monoisotopic (exact) mass is 199 g/mol. The molecule has 0 saturated heterocycles. The predicted octanol–water partition coefficient (Wildman–Crippen LogP) is 2.57. The molecule has 2 N–H and O–H groups in total. The predicted molar refractivity (Wildman–Crippen MR) is 60.2 cm³/mol. The van der Waals surface area contributed by atoms with E-state index < -0.39 is 0 Å². The topological polar surface area (TPSA) is 35.2 Å². The maximum Gasteiger partial charge on any atom is 0.0835 e. The minimum atomic E-state index is -0.0498. The Labute approximate surface area is 88.2 Å². The van der Waals surface area contributed by atoms with Gasteiger partial charge in [0.05, 0.1) is 11.7 Å². The standard InChI is InChI=1S/C12H25NO/c1-9(2)14-12(8-13)7-5-6-10(3)11(12)4/h9-11H,5-8,13H2,1-4H3. The summed E-state index contributed by atoms with van der Waals surface area (Å²) in [7, 11) is 0. The van der Waals surface area contributed by atoms with Crippen LogP contribution < -0.4 is 5.73 Å². The molecule has 0 amide bonds. The van der Waals surface area contributed by atoms with Gasteiger partial charge in [0, 0.05) is 6.54 Å². The Balaban J connectivity index is 2.74. The Morgan fingerprint density at radius 3 is 2.57 bits per heavy atom. The first-order valence-corrected chi connectivity index (χ1v) is 5.89. The van der Waals surface area contributed by atoms with Crippen molar-refractivity contribution in [2.24, 2.45) is 17.6 Å². The minimum absolute atomic E-state index is 0.0498. The average Bonchev–Trinajstić information content (AvgIpc) is 2.12. The Bertz CT molecular complexity index is 181. The summed E-state index contributed by atoms with van der Waals surface area (Å²) in [6.45, 7) is 9.47. The van der Waals surface area contributed by atoms with Gasteiger partial charge >= 0.3 is 0 Å². The molecule has 0 aromatic heterocycles. The van der Waals surface area contributed by atoms with E-state index in [9.17, 15) is 0 Å². The van der Waals surface area contributed by atoms with E-state index in [1.54, 1.807) is 0 Å². The SMILES string of the molecule is CC(C)OC1(CN)CCCC(C)C1C. The molecular formula is C12H25NO. The Morgan fingerprint density at radius 2 is 2.07 bits per heavy atom. The summed E-state index contributed by atoms with van der Waals surface area (Å²) in [5.41, 5.74) is 5.86. The highest BCUT2D eigenvalue weighted by Gasteiger charge is 2.41. The highest BCUT2D eigenvalue weighted by Crippen LogP contribution is 2.40. The minimum Gasteiger partial charge on any atom is -0.371 e. The van der Waals surface area contributed by atoms with Crippen LogP contribution in [-0.4, -0.2) is 18.2 Å². The second kappa shape index (κ2) is 4.63. The van der Waals surface area contributed by atoms with Crippen molar-refractivity contribution in [3.8, 4) is 0 Å². The molecule has 84 valence electrons. The number of hydrogen-bond donors (Lipinski definition) is 1. The molecule has 2 heteroatoms. The van der Waals surface area contributed by atoms with E-state index in [4.69, 9.17) is 10.5 Å². The van der Waals surface area contributed by atoms with Gasteiger partial charge in [-0.1, -0.05) is 26.7 Å². The molecule has 1 rings (SSSR count). The van der Waals surface area contributed by atoms with Gasteiger partial charge in [0.15, 0.2) is 0 Å². The van der Waals surface area contributed by atoms with E-state index in [-0.39, 0.29) is 11.7 Å². The molecule has 0 aliphatic heterocycles. The fourth-order valence-electron chi connectivity index (χ4n) is 2.69. The summed E-state index contributed by atoms with van der Waals surface area (Å²) in [5, 5.41) is 0. The lowest BCUT2D eigenvalue weighted by Crippen LogP contribution is -2.52. The van der Waals surface area contributed by atoms with E-state index in [0.29, 0.717) is 12.5 Å². The van der Waals surface area contributed by atoms with Crippen molar-refractivity contribution in [1.29, 1.82) is 0 Å². The van der Waals surface area contributed by atoms with Crippen molar-refractivity contribution in [3.63, 3.8) is 0 Å². The lowest BCUT2D eigenvalue weighted by molar-refractivity contribution is -0.137. The zero-order chi connectivity index (χ0) is 10.8. The molecule has 0 bridgehead atoms. The van der Waals surface area contributed by atoms with Gasteiger partial charge in [-0.05, 0) is 32.1 Å². The third-order valence-corrected chi connectivity index (χ3v) is 3.76. The third kappa shape index (κ3) is 2.29. The summed E-state index contributed by atoms with van der Waals surface area (Å²) < 4.78 is 6.09. The fourth-order valence-corrected chi connectivity index (χ4v) is 2.69. The van der Waals surface area contributed by atoms with Crippen molar-refractivity contribution in [2.45, 2.75) is 58.7 Å². The summed E-state index contributed by atoms with van der Waals surface area (Å²) >= 11 is 0. The van der Waals surface area contributed by atoms with Gasteiger partial charge in [0.25, 0.3) is 0 Å². The smallest absolute Gasteiger partial charge is 0.0835 e. The molecule has 1 aliphatic rings. The van der Waals surface area contributed by atoms with E-state index >= 15 is 0 Å². The summed E-state index contributed by atoms with van der Waals surface area (Å²) in [6.07, 6.45) is 4.00. The van der Waals surface area contributed by atoms with E-state index in [1.165, 1.54) is 12.8 Å². The maximum atomic E-state index is 6.09. The number of hydrogen-bond acceptors (Lipinski definition) is 2. The van der Waals surface area contributed by atoms with Crippen molar-refractivity contribution in [1.82, 2.24) is 0 Å². The van der Waals surface area contributed by atoms with Gasteiger partial charge in [0.1, 0.15) is 0 Å². The van der Waals surface area contributed by atoms with Gasteiger partial charge in [-0.15, -0.1) is 0 Å². The number of rotatable bonds is 3. The van der Waals surface area contributed by atoms with E-state index in [0.717, 1.165) is 12.3 Å². The molecular weight excluding hydrogens is 174 g/mol. The molecule has 3 atom stereocenters. The number of nitrogens with two attached hydrogens (primary N) is 1. The first-order chi connectivity index (χ1) is 6.52. The Morgan fingerprint density at radius 1 is 1.43 bits per heavy atom. The number of ether oxygens (including phenoxy) is 1. The van der Waals surface area contributed by atoms with Crippen molar-refractivity contribution in [3.05, 3.63) is 0 Å². The average molecular weight is 199 g/mol. The summed E-state index contributed by atoms with van der Waals surface area (Å²) in [5.74, 6) is 1.33. The molecule has 0 aromatic carbocycles. The molecule has 2 nitrogen and oxygen atoms in total. The van der Waals surface area contributed by atoms with Gasteiger partial charge in [-0.2, -0.15) is 0 Å². The molecule has 0 heterocycles. The van der Waals surface area contributed by atoms with E-state index in [1.807, 2.05) is 0 Å². The fraction of sp³-hybridized carbons (Fsp3) is 1.00. The molecule has 3 unspecified atom stereocenters. The van der Waals surface area contributed by atoms with E-state index in [2.05, 4.69) is 27.7 Å². The lowest BCUT2D eigenvalue weighted by atomic mass is 9.70. The van der Waals surface area contributed by atoms with Crippen LogP contribution in [0, 0.1) is 11.8 Å². The van der Waals surface area contributed by atoms with Crippen LogP contribution in [0.4, 0.5) is 0 Å². The largest absolute Gasteiger partial charge is 0.371 e. The van der Waals surface area contributed by atoms with Gasteiger partial charge in [-0.3, -0.25) is 0 Å². The summed E-state index contributed by atoms with van der Waals surface area (Å²) in [4.78, 5) is 0. The van der Waals surface area contributed by atoms with Crippen molar-refractivity contribution in [2.75, 3.05) is 6.54 Å². The van der Waals surface area contributed by atoms with Gasteiger partial charge in [0.2, 0.25) is 0 Å². The zero-order valence-corrected chi connectivity index (χ0v) is 10.0. The molecule has 0 radical (unpaired) electrons. The highest BCUT2D eigenvalue weighted by molar-refractivity contribution is 4.93. The van der Waals surface area contributed by atoms with Crippen LogP contribution in [0.15, 0.2) is 0 Å². The van der Waals surface area contributed by atoms with Crippen LogP contribution in [0.25, 0.3) is 0 Å². The second-order valence-electron chi connectivity index (χ2n) is 5.09. The molecule has 0 aromatic rings. The van der Waals surface area contributed by atoms with Gasteiger partial charge in [-0.25, -0.2) is 0 Å². The van der Waals surface area contributed by atoms with Crippen molar-refractivity contribution >= 4 is 0 Å². The van der Waals surface area contributed by atoms with Crippen LogP contribution in [0.5, 0.6) is 0 Å². The lowest BCUT2D eigenvalue weighted by Gasteiger charge is -2.46. The molecule has 1 aliphatic carbocycles. The Hall–Kier alpha value is -0.0800. The van der Waals surface area contributed by atoms with Crippen LogP contribution >= 0.6 is 0 Å². The van der Waals surface area contributed by atoms with Gasteiger partial charge < -0.3 is 10.5 Å². The first kappa shape index (κ1) is 12.0. The quantitative estimate of drug-likeness (QED) is 0.758. The van der Waals surface area contributed by atoms with Crippen LogP contribution in [0.1, 0.15) is 47.0 Å². The Kier molecular flexibility index (Phi) is 3.96. The highest BCUT2D eigenvalue weighted by atomic mass is 16.5. The molecule has 14 heavy (non-hydrogen) atoms. The molecule has 0 spiro atoms. The van der Waals surface area contributed by atoms with Crippen LogP contribution in [0.3, 0.4) is 0 Å². The third-order valence-electron chi connectivity index (χ3n) is 3.76. The summed E-state index contributed by atoms with van der Waals surface area (Å²) in [6, 6.07) is 0. The normalized spacial score (nSPS) is 39.0. The molecule has 1 fully saturated rings.